The first-order chi connectivity index (χ1) is 11.7. The molecule has 0 saturated carbocycles. The molecule has 0 aromatic heterocycles. The Morgan fingerprint density at radius 3 is 2.68 bits per heavy atom. The highest BCUT2D eigenvalue weighted by Gasteiger charge is 2.29. The lowest BCUT2D eigenvalue weighted by atomic mass is 9.93. The predicted octanol–water partition coefficient (Wildman–Crippen LogP) is 2.73. The molecule has 0 bridgehead atoms. The zero-order valence-corrected chi connectivity index (χ0v) is 16.7. The summed E-state index contributed by atoms with van der Waals surface area (Å²) in [6, 6.07) is -0.00941. The van der Waals surface area contributed by atoms with E-state index in [9.17, 15) is 9.59 Å². The van der Waals surface area contributed by atoms with Crippen LogP contribution in [0.4, 0.5) is 0 Å². The first kappa shape index (κ1) is 22.2. The normalized spacial score (nSPS) is 24.5. The van der Waals surface area contributed by atoms with E-state index in [0.717, 1.165) is 71.0 Å². The fourth-order valence-electron chi connectivity index (χ4n) is 3.92. The van der Waals surface area contributed by atoms with Gasteiger partial charge in [-0.25, -0.2) is 0 Å². The lowest BCUT2D eigenvalue weighted by Gasteiger charge is -2.35. The Kier molecular flexibility index (Phi) is 10.4. The minimum atomic E-state index is -0.00941. The molecule has 2 aliphatic rings. The van der Waals surface area contributed by atoms with Crippen LogP contribution in [0.25, 0.3) is 0 Å². The Morgan fingerprint density at radius 2 is 2.04 bits per heavy atom. The van der Waals surface area contributed by atoms with Gasteiger partial charge in [0, 0.05) is 25.6 Å². The number of piperidine rings is 1. The molecule has 0 aliphatic carbocycles. The van der Waals surface area contributed by atoms with E-state index in [4.69, 9.17) is 0 Å². The molecule has 0 spiro atoms. The Bertz CT molecular complexity index is 413. The molecule has 2 N–H and O–H groups in total. The first-order valence-corrected chi connectivity index (χ1v) is 9.95. The summed E-state index contributed by atoms with van der Waals surface area (Å²) in [7, 11) is 0. The minimum Gasteiger partial charge on any atom is -0.354 e. The van der Waals surface area contributed by atoms with Gasteiger partial charge >= 0.3 is 0 Å². The topological polar surface area (TPSA) is 61.4 Å². The van der Waals surface area contributed by atoms with Gasteiger partial charge in [0.05, 0.1) is 6.04 Å². The van der Waals surface area contributed by atoms with Gasteiger partial charge < -0.3 is 15.5 Å². The van der Waals surface area contributed by atoms with E-state index >= 15 is 0 Å². The predicted molar refractivity (Wildman–Crippen MR) is 104 cm³/mol. The average Bonchev–Trinajstić information content (AvgIpc) is 3.15. The number of rotatable bonds is 8. The van der Waals surface area contributed by atoms with E-state index in [2.05, 4.69) is 29.4 Å². The summed E-state index contributed by atoms with van der Waals surface area (Å²) in [5.41, 5.74) is 0. The number of halogens is 1. The maximum atomic E-state index is 12.8. The maximum absolute atomic E-state index is 12.8. The largest absolute Gasteiger partial charge is 0.354 e. The van der Waals surface area contributed by atoms with Crippen molar-refractivity contribution in [1.82, 2.24) is 15.5 Å². The number of hydrogen-bond acceptors (Lipinski definition) is 3. The molecule has 2 aliphatic heterocycles. The quantitative estimate of drug-likeness (QED) is 0.687. The minimum absolute atomic E-state index is 0. The number of likely N-dealkylation sites (tertiary alicyclic amines) is 1. The second kappa shape index (κ2) is 11.7. The smallest absolute Gasteiger partial charge is 0.237 e. The molecule has 2 rings (SSSR count). The molecular weight excluding hydrogens is 338 g/mol. The van der Waals surface area contributed by atoms with Crippen molar-refractivity contribution in [3.05, 3.63) is 0 Å². The van der Waals surface area contributed by atoms with Gasteiger partial charge in [0.15, 0.2) is 0 Å². The van der Waals surface area contributed by atoms with Gasteiger partial charge in [0.2, 0.25) is 11.8 Å². The summed E-state index contributed by atoms with van der Waals surface area (Å²) in [6.07, 6.45) is 8.41. The van der Waals surface area contributed by atoms with E-state index < -0.39 is 0 Å². The SMILES string of the molecule is CCCCC(CC)C(=O)N1CCCC(CNC(=O)C2CCCN2)C1.Cl. The van der Waals surface area contributed by atoms with Crippen molar-refractivity contribution in [3.63, 3.8) is 0 Å². The van der Waals surface area contributed by atoms with Crippen molar-refractivity contribution in [3.8, 4) is 0 Å². The van der Waals surface area contributed by atoms with Crippen molar-refractivity contribution in [2.45, 2.75) is 71.3 Å². The van der Waals surface area contributed by atoms with Crippen LogP contribution < -0.4 is 10.6 Å². The summed E-state index contributed by atoms with van der Waals surface area (Å²) in [5.74, 6) is 1.04. The third-order valence-electron chi connectivity index (χ3n) is 5.52. The molecule has 3 unspecified atom stereocenters. The van der Waals surface area contributed by atoms with Crippen molar-refractivity contribution in [2.75, 3.05) is 26.2 Å². The van der Waals surface area contributed by atoms with Crippen LogP contribution in [0.1, 0.15) is 65.2 Å². The van der Waals surface area contributed by atoms with Crippen LogP contribution in [0.5, 0.6) is 0 Å². The zero-order valence-electron chi connectivity index (χ0n) is 15.9. The molecule has 2 heterocycles. The van der Waals surface area contributed by atoms with E-state index in [0.29, 0.717) is 18.4 Å². The van der Waals surface area contributed by atoms with Crippen LogP contribution >= 0.6 is 12.4 Å². The molecule has 0 aromatic carbocycles. The van der Waals surface area contributed by atoms with Gasteiger partial charge in [0.1, 0.15) is 0 Å². The third kappa shape index (κ3) is 6.78. The monoisotopic (exact) mass is 373 g/mol. The van der Waals surface area contributed by atoms with Gasteiger partial charge in [-0.15, -0.1) is 12.4 Å². The summed E-state index contributed by atoms with van der Waals surface area (Å²) in [6.45, 7) is 7.63. The standard InChI is InChI=1S/C19H35N3O2.ClH/c1-3-5-9-16(4-2)19(24)22-12-7-8-15(14-22)13-21-18(23)17-10-6-11-20-17;/h15-17,20H,3-14H2,1-2H3,(H,21,23);1H. The third-order valence-corrected chi connectivity index (χ3v) is 5.52. The molecule has 6 heteroatoms. The Morgan fingerprint density at radius 1 is 1.24 bits per heavy atom. The number of hydrogen-bond donors (Lipinski definition) is 2. The molecule has 2 saturated heterocycles. The highest BCUT2D eigenvalue weighted by molar-refractivity contribution is 5.85. The number of carbonyl (C=O) groups is 2. The number of amides is 2. The molecule has 0 radical (unpaired) electrons. The van der Waals surface area contributed by atoms with Crippen LogP contribution in [0.2, 0.25) is 0 Å². The van der Waals surface area contributed by atoms with Crippen LogP contribution in [0.3, 0.4) is 0 Å². The number of nitrogens with zero attached hydrogens (tertiary/aromatic N) is 1. The first-order valence-electron chi connectivity index (χ1n) is 9.95. The molecule has 2 amide bonds. The number of carbonyl (C=O) groups excluding carboxylic acids is 2. The van der Waals surface area contributed by atoms with Crippen molar-refractivity contribution < 1.29 is 9.59 Å². The van der Waals surface area contributed by atoms with Crippen molar-refractivity contribution in [1.29, 1.82) is 0 Å². The fraction of sp³-hybridized carbons (Fsp3) is 0.895. The number of unbranched alkanes of at least 4 members (excludes halogenated alkanes) is 1. The molecular formula is C19H36ClN3O2. The molecule has 5 nitrogen and oxygen atoms in total. The molecule has 0 aromatic rings. The van der Waals surface area contributed by atoms with E-state index in [1.54, 1.807) is 0 Å². The maximum Gasteiger partial charge on any atom is 0.237 e. The van der Waals surface area contributed by atoms with Crippen LogP contribution in [0, 0.1) is 11.8 Å². The zero-order chi connectivity index (χ0) is 17.4. The van der Waals surface area contributed by atoms with E-state index in [-0.39, 0.29) is 30.3 Å². The Hall–Kier alpha value is -0.810. The lowest BCUT2D eigenvalue weighted by Crippen LogP contribution is -2.47. The fourth-order valence-corrected chi connectivity index (χ4v) is 3.92. The summed E-state index contributed by atoms with van der Waals surface area (Å²) < 4.78 is 0. The summed E-state index contributed by atoms with van der Waals surface area (Å²) >= 11 is 0. The molecule has 146 valence electrons. The highest BCUT2D eigenvalue weighted by Crippen LogP contribution is 2.22. The van der Waals surface area contributed by atoms with Gasteiger partial charge in [0.25, 0.3) is 0 Å². The Balaban J connectivity index is 0.00000312. The number of nitrogens with one attached hydrogen (secondary N) is 2. The lowest BCUT2D eigenvalue weighted by molar-refractivity contribution is -0.137. The molecule has 3 atom stereocenters. The van der Waals surface area contributed by atoms with Gasteiger partial charge in [-0.3, -0.25) is 9.59 Å². The van der Waals surface area contributed by atoms with Gasteiger partial charge in [-0.2, -0.15) is 0 Å². The Labute approximate surface area is 159 Å². The van der Waals surface area contributed by atoms with Crippen molar-refractivity contribution in [2.24, 2.45) is 11.8 Å². The van der Waals surface area contributed by atoms with E-state index in [1.807, 2.05) is 0 Å². The van der Waals surface area contributed by atoms with Crippen LogP contribution in [-0.4, -0.2) is 48.9 Å². The summed E-state index contributed by atoms with van der Waals surface area (Å²) in [4.78, 5) is 26.9. The second-order valence-corrected chi connectivity index (χ2v) is 7.43. The van der Waals surface area contributed by atoms with E-state index in [1.165, 1.54) is 0 Å². The van der Waals surface area contributed by atoms with Crippen LogP contribution in [0.15, 0.2) is 0 Å². The molecule has 25 heavy (non-hydrogen) atoms. The summed E-state index contributed by atoms with van der Waals surface area (Å²) in [5, 5.41) is 6.33. The second-order valence-electron chi connectivity index (χ2n) is 7.43. The van der Waals surface area contributed by atoms with Gasteiger partial charge in [-0.05, 0) is 51.0 Å². The van der Waals surface area contributed by atoms with Crippen LogP contribution in [-0.2, 0) is 9.59 Å². The molecule has 2 fully saturated rings. The average molecular weight is 374 g/mol. The highest BCUT2D eigenvalue weighted by atomic mass is 35.5. The van der Waals surface area contributed by atoms with Gasteiger partial charge in [-0.1, -0.05) is 26.7 Å². The van der Waals surface area contributed by atoms with Crippen molar-refractivity contribution >= 4 is 24.2 Å².